The summed E-state index contributed by atoms with van der Waals surface area (Å²) in [5.74, 6) is -3.41. The lowest BCUT2D eigenvalue weighted by molar-refractivity contribution is 0.485. The van der Waals surface area contributed by atoms with Gasteiger partial charge in [0, 0.05) is 5.56 Å². The van der Waals surface area contributed by atoms with Crippen molar-refractivity contribution in [1.82, 2.24) is 0 Å². The summed E-state index contributed by atoms with van der Waals surface area (Å²) >= 11 is 7.85. The maximum Gasteiger partial charge on any atom is 0.179 e. The summed E-state index contributed by atoms with van der Waals surface area (Å²) in [5.41, 5.74) is -0.109. The molecule has 0 amide bonds. The summed E-state index contributed by atoms with van der Waals surface area (Å²) in [6, 6.07) is 0. The highest BCUT2D eigenvalue weighted by atomic mass is 79.9. The Morgan fingerprint density at radius 3 is 2.08 bits per heavy atom. The predicted octanol–water partition coefficient (Wildman–Crippen LogP) is 3.83. The Morgan fingerprint density at radius 1 is 1.08 bits per heavy atom. The highest BCUT2D eigenvalue weighted by Crippen LogP contribution is 2.31. The highest BCUT2D eigenvalue weighted by Gasteiger charge is 2.19. The Labute approximate surface area is 80.5 Å². The Kier molecular flexibility index (Phi) is 2.68. The Morgan fingerprint density at radius 2 is 1.58 bits per heavy atom. The molecule has 0 saturated carbocycles. The van der Waals surface area contributed by atoms with Gasteiger partial charge in [0.05, 0.1) is 9.50 Å². The van der Waals surface area contributed by atoms with Gasteiger partial charge in [-0.3, -0.25) is 0 Å². The molecule has 0 aromatic heterocycles. The third-order valence-electron chi connectivity index (χ3n) is 1.43. The van der Waals surface area contributed by atoms with Crippen LogP contribution in [0.1, 0.15) is 5.56 Å². The van der Waals surface area contributed by atoms with E-state index in [1.54, 1.807) is 0 Å². The van der Waals surface area contributed by atoms with E-state index in [0.29, 0.717) is 0 Å². The van der Waals surface area contributed by atoms with E-state index in [-0.39, 0.29) is 5.56 Å². The predicted molar refractivity (Wildman–Crippen MR) is 43.8 cm³/mol. The monoisotopic (exact) mass is 258 g/mol. The normalized spacial score (nSPS) is 10.5. The molecule has 0 nitrogen and oxygen atoms in total. The SMILES string of the molecule is Cc1c(F)c(Br)c(F)c(F)c1Cl. The zero-order valence-corrected chi connectivity index (χ0v) is 8.23. The molecule has 0 radical (unpaired) electrons. The molecule has 0 aliphatic carbocycles. The van der Waals surface area contributed by atoms with E-state index in [0.717, 1.165) is 0 Å². The number of hydrogen-bond acceptors (Lipinski definition) is 0. The van der Waals surface area contributed by atoms with Crippen LogP contribution < -0.4 is 0 Å². The summed E-state index contributed by atoms with van der Waals surface area (Å²) in [6.07, 6.45) is 0. The fourth-order valence-corrected chi connectivity index (χ4v) is 1.35. The number of benzene rings is 1. The van der Waals surface area contributed by atoms with Crippen LogP contribution in [-0.4, -0.2) is 0 Å². The van der Waals surface area contributed by atoms with Gasteiger partial charge in [-0.1, -0.05) is 11.6 Å². The van der Waals surface area contributed by atoms with Crippen LogP contribution in [0, 0.1) is 24.4 Å². The second-order valence-corrected chi connectivity index (χ2v) is 3.37. The molecule has 0 saturated heterocycles. The van der Waals surface area contributed by atoms with Crippen LogP contribution in [0.3, 0.4) is 0 Å². The Balaban J connectivity index is 3.60. The van der Waals surface area contributed by atoms with Crippen LogP contribution in [0.15, 0.2) is 4.47 Å². The molecule has 0 heterocycles. The Bertz CT molecular complexity index is 233. The number of halogens is 5. The van der Waals surface area contributed by atoms with Crippen molar-refractivity contribution < 1.29 is 13.2 Å². The van der Waals surface area contributed by atoms with Crippen molar-refractivity contribution in [2.45, 2.75) is 6.92 Å². The second-order valence-electron chi connectivity index (χ2n) is 2.19. The van der Waals surface area contributed by atoms with Gasteiger partial charge in [-0.05, 0) is 22.9 Å². The molecule has 1 aromatic rings. The molecule has 0 unspecified atom stereocenters. The average molecular weight is 259 g/mol. The first kappa shape index (κ1) is 9.86. The van der Waals surface area contributed by atoms with Gasteiger partial charge >= 0.3 is 0 Å². The standard InChI is InChI=1S/C7H3BrClF3/c1-2-4(9)7(12)6(11)3(8)5(2)10/h1H3. The van der Waals surface area contributed by atoms with Crippen molar-refractivity contribution in [3.05, 3.63) is 32.5 Å². The average Bonchev–Trinajstić information content (AvgIpc) is 2.08. The highest BCUT2D eigenvalue weighted by molar-refractivity contribution is 9.10. The van der Waals surface area contributed by atoms with E-state index in [1.165, 1.54) is 6.92 Å². The fraction of sp³-hybridized carbons (Fsp3) is 0.143. The molecule has 0 N–H and O–H groups in total. The van der Waals surface area contributed by atoms with Crippen LogP contribution in [0.2, 0.25) is 5.02 Å². The minimum Gasteiger partial charge on any atom is -0.205 e. The summed E-state index contributed by atoms with van der Waals surface area (Å²) < 4.78 is 37.8. The van der Waals surface area contributed by atoms with Gasteiger partial charge in [-0.2, -0.15) is 0 Å². The second kappa shape index (κ2) is 3.26. The van der Waals surface area contributed by atoms with E-state index in [1.807, 2.05) is 0 Å². The molecular weight excluding hydrogens is 256 g/mol. The molecular formula is C7H3BrClF3. The summed E-state index contributed by atoms with van der Waals surface area (Å²) in [5, 5.41) is -0.520. The summed E-state index contributed by atoms with van der Waals surface area (Å²) in [7, 11) is 0. The molecule has 5 heteroatoms. The minimum atomic E-state index is -1.30. The lowest BCUT2D eigenvalue weighted by atomic mass is 10.2. The lowest BCUT2D eigenvalue weighted by Gasteiger charge is -2.04. The first-order chi connectivity index (χ1) is 5.46. The zero-order valence-electron chi connectivity index (χ0n) is 5.89. The van der Waals surface area contributed by atoms with Crippen molar-refractivity contribution in [2.75, 3.05) is 0 Å². The van der Waals surface area contributed by atoms with Crippen molar-refractivity contribution in [1.29, 1.82) is 0 Å². The van der Waals surface area contributed by atoms with Crippen molar-refractivity contribution >= 4 is 27.5 Å². The van der Waals surface area contributed by atoms with Gasteiger partial charge in [0.15, 0.2) is 11.6 Å². The van der Waals surface area contributed by atoms with Gasteiger partial charge in [0.2, 0.25) is 0 Å². The quantitative estimate of drug-likeness (QED) is 0.491. The van der Waals surface area contributed by atoms with E-state index in [2.05, 4.69) is 15.9 Å². The molecule has 0 bridgehead atoms. The van der Waals surface area contributed by atoms with Gasteiger partial charge in [0.1, 0.15) is 5.82 Å². The van der Waals surface area contributed by atoms with E-state index in [9.17, 15) is 13.2 Å². The topological polar surface area (TPSA) is 0 Å². The van der Waals surface area contributed by atoms with Crippen LogP contribution in [0.4, 0.5) is 13.2 Å². The smallest absolute Gasteiger partial charge is 0.179 e. The third-order valence-corrected chi connectivity index (χ3v) is 2.57. The van der Waals surface area contributed by atoms with Crippen molar-refractivity contribution in [3.63, 3.8) is 0 Å². The number of rotatable bonds is 0. The van der Waals surface area contributed by atoms with Gasteiger partial charge in [0.25, 0.3) is 0 Å². The number of hydrogen-bond donors (Lipinski definition) is 0. The minimum absolute atomic E-state index is 0.109. The van der Waals surface area contributed by atoms with E-state index >= 15 is 0 Å². The molecule has 0 spiro atoms. The van der Waals surface area contributed by atoms with Crippen molar-refractivity contribution in [2.24, 2.45) is 0 Å². The van der Waals surface area contributed by atoms with Crippen LogP contribution in [0.25, 0.3) is 0 Å². The van der Waals surface area contributed by atoms with Crippen LogP contribution in [0.5, 0.6) is 0 Å². The van der Waals surface area contributed by atoms with Crippen LogP contribution >= 0.6 is 27.5 Å². The Hall–Kier alpha value is -0.220. The van der Waals surface area contributed by atoms with E-state index < -0.39 is 26.9 Å². The largest absolute Gasteiger partial charge is 0.205 e. The van der Waals surface area contributed by atoms with Gasteiger partial charge in [-0.15, -0.1) is 0 Å². The third kappa shape index (κ3) is 1.33. The zero-order chi connectivity index (χ0) is 9.46. The molecule has 66 valence electrons. The first-order valence-electron chi connectivity index (χ1n) is 2.94. The molecule has 0 aliphatic heterocycles. The molecule has 1 rings (SSSR count). The molecule has 0 fully saturated rings. The van der Waals surface area contributed by atoms with E-state index in [4.69, 9.17) is 11.6 Å². The lowest BCUT2D eigenvalue weighted by Crippen LogP contribution is -1.96. The molecule has 1 aromatic carbocycles. The van der Waals surface area contributed by atoms with Gasteiger partial charge < -0.3 is 0 Å². The van der Waals surface area contributed by atoms with Crippen LogP contribution in [-0.2, 0) is 0 Å². The first-order valence-corrected chi connectivity index (χ1v) is 4.12. The van der Waals surface area contributed by atoms with Crippen molar-refractivity contribution in [3.8, 4) is 0 Å². The molecule has 0 aliphatic rings. The maximum atomic E-state index is 12.9. The van der Waals surface area contributed by atoms with Gasteiger partial charge in [-0.25, -0.2) is 13.2 Å². The molecule has 0 atom stereocenters. The maximum absolute atomic E-state index is 12.9. The summed E-state index contributed by atoms with van der Waals surface area (Å²) in [4.78, 5) is 0. The summed E-state index contributed by atoms with van der Waals surface area (Å²) in [6.45, 7) is 1.27. The molecule has 12 heavy (non-hydrogen) atoms. The fourth-order valence-electron chi connectivity index (χ4n) is 0.715.